The Balaban J connectivity index is 1.52. The van der Waals surface area contributed by atoms with Gasteiger partial charge in [0.05, 0.1) is 4.90 Å². The fraction of sp³-hybridized carbons (Fsp3) is 0.400. The van der Waals surface area contributed by atoms with Gasteiger partial charge in [-0.2, -0.15) is 4.31 Å². The molecule has 2 aromatic carbocycles. The first kappa shape index (κ1) is 20.5. The summed E-state index contributed by atoms with van der Waals surface area (Å²) in [7, 11) is -3.61. The molecule has 0 amide bonds. The number of ketones is 1. The lowest BCUT2D eigenvalue weighted by atomic mass is 9.76. The van der Waals surface area contributed by atoms with Gasteiger partial charge in [0.15, 0.2) is 5.78 Å². The number of nitrogens with one attached hydrogen (secondary N) is 1. The zero-order valence-electron chi connectivity index (χ0n) is 18.2. The molecule has 0 bridgehead atoms. The van der Waals surface area contributed by atoms with E-state index < -0.39 is 10.0 Å². The van der Waals surface area contributed by atoms with Crippen LogP contribution in [-0.2, 0) is 16.4 Å². The van der Waals surface area contributed by atoms with Crippen LogP contribution >= 0.6 is 0 Å². The SMILES string of the molecule is Cc1cc2c3c([nH]c2cc1S(=O)(=O)N1CC[C@@H](c2ccccc2)C1)CC(C)(C)CC3=O. The van der Waals surface area contributed by atoms with Crippen LogP contribution in [0.1, 0.15) is 59.8 Å². The molecular weight excluding hydrogens is 408 g/mol. The van der Waals surface area contributed by atoms with Gasteiger partial charge in [0.2, 0.25) is 10.0 Å². The predicted molar refractivity (Wildman–Crippen MR) is 122 cm³/mol. The topological polar surface area (TPSA) is 70.2 Å². The minimum atomic E-state index is -3.61. The van der Waals surface area contributed by atoms with E-state index >= 15 is 0 Å². The molecule has 31 heavy (non-hydrogen) atoms. The summed E-state index contributed by atoms with van der Waals surface area (Å²) in [5.41, 5.74) is 4.19. The van der Waals surface area contributed by atoms with Gasteiger partial charge < -0.3 is 4.98 Å². The molecule has 0 spiro atoms. The van der Waals surface area contributed by atoms with E-state index in [9.17, 15) is 13.2 Å². The molecule has 0 saturated carbocycles. The lowest BCUT2D eigenvalue weighted by molar-refractivity contribution is 0.0913. The Morgan fingerprint density at radius 1 is 1.10 bits per heavy atom. The Hall–Kier alpha value is -2.44. The van der Waals surface area contributed by atoms with E-state index in [0.29, 0.717) is 30.0 Å². The highest BCUT2D eigenvalue weighted by Crippen LogP contribution is 2.40. The Kier molecular flexibility index (Phi) is 4.65. The summed E-state index contributed by atoms with van der Waals surface area (Å²) in [6.07, 6.45) is 2.13. The smallest absolute Gasteiger partial charge is 0.243 e. The van der Waals surface area contributed by atoms with Gasteiger partial charge in [0.1, 0.15) is 0 Å². The van der Waals surface area contributed by atoms with Gasteiger partial charge >= 0.3 is 0 Å². The number of sulfonamides is 1. The molecule has 1 aliphatic carbocycles. The number of Topliss-reactive ketones (excluding diaryl/α,β-unsaturated/α-hetero) is 1. The molecule has 1 aromatic heterocycles. The second-order valence-electron chi connectivity index (χ2n) is 9.84. The van der Waals surface area contributed by atoms with E-state index in [0.717, 1.165) is 35.0 Å². The van der Waals surface area contributed by atoms with Gasteiger partial charge in [0, 0.05) is 41.7 Å². The van der Waals surface area contributed by atoms with Crippen LogP contribution in [0, 0.1) is 12.3 Å². The number of carbonyl (C=O) groups is 1. The van der Waals surface area contributed by atoms with E-state index in [1.807, 2.05) is 31.2 Å². The number of hydrogen-bond donors (Lipinski definition) is 1. The molecule has 1 saturated heterocycles. The first-order valence-corrected chi connectivity index (χ1v) is 12.3. The van der Waals surface area contributed by atoms with Gasteiger partial charge in [0.25, 0.3) is 0 Å². The zero-order chi connectivity index (χ0) is 22.0. The number of aryl methyl sites for hydroxylation is 1. The van der Waals surface area contributed by atoms with Crippen LogP contribution in [0.5, 0.6) is 0 Å². The number of aromatic nitrogens is 1. The minimum absolute atomic E-state index is 0.0864. The lowest BCUT2D eigenvalue weighted by Crippen LogP contribution is -2.29. The fourth-order valence-electron chi connectivity index (χ4n) is 5.26. The first-order valence-electron chi connectivity index (χ1n) is 10.9. The third kappa shape index (κ3) is 3.42. The highest BCUT2D eigenvalue weighted by Gasteiger charge is 2.36. The van der Waals surface area contributed by atoms with Crippen LogP contribution in [-0.4, -0.2) is 36.6 Å². The van der Waals surface area contributed by atoms with Gasteiger partial charge in [-0.05, 0) is 54.4 Å². The number of fused-ring (bicyclic) bond motifs is 3. The number of nitrogens with zero attached hydrogens (tertiary/aromatic N) is 1. The fourth-order valence-corrected chi connectivity index (χ4v) is 6.99. The second kappa shape index (κ2) is 7.04. The molecule has 5 nitrogen and oxygen atoms in total. The van der Waals surface area contributed by atoms with E-state index in [4.69, 9.17) is 0 Å². The van der Waals surface area contributed by atoms with Crippen LogP contribution < -0.4 is 0 Å². The van der Waals surface area contributed by atoms with Gasteiger partial charge in [-0.15, -0.1) is 0 Å². The summed E-state index contributed by atoms with van der Waals surface area (Å²) in [5.74, 6) is 0.357. The average Bonchev–Trinajstić information content (AvgIpc) is 3.32. The summed E-state index contributed by atoms with van der Waals surface area (Å²) >= 11 is 0. The number of carbonyl (C=O) groups excluding carboxylic acids is 1. The van der Waals surface area contributed by atoms with Crippen LogP contribution in [0.15, 0.2) is 47.4 Å². The normalized spacial score (nSPS) is 21.5. The van der Waals surface area contributed by atoms with Crippen molar-refractivity contribution in [1.82, 2.24) is 9.29 Å². The summed E-state index contributed by atoms with van der Waals surface area (Å²) in [6, 6.07) is 13.7. The molecule has 2 heterocycles. The number of aromatic amines is 1. The Morgan fingerprint density at radius 3 is 2.58 bits per heavy atom. The maximum Gasteiger partial charge on any atom is 0.243 e. The van der Waals surface area contributed by atoms with E-state index in [2.05, 4.69) is 31.0 Å². The maximum absolute atomic E-state index is 13.5. The monoisotopic (exact) mass is 436 g/mol. The van der Waals surface area contributed by atoms with E-state index in [-0.39, 0.29) is 17.1 Å². The second-order valence-corrected chi connectivity index (χ2v) is 11.7. The maximum atomic E-state index is 13.5. The molecule has 1 fully saturated rings. The van der Waals surface area contributed by atoms with Crippen molar-refractivity contribution >= 4 is 26.7 Å². The molecule has 1 aliphatic heterocycles. The average molecular weight is 437 g/mol. The number of hydrogen-bond acceptors (Lipinski definition) is 3. The van der Waals surface area contributed by atoms with E-state index in [1.54, 1.807) is 10.4 Å². The van der Waals surface area contributed by atoms with Gasteiger partial charge in [-0.25, -0.2) is 8.42 Å². The largest absolute Gasteiger partial charge is 0.358 e. The van der Waals surface area contributed by atoms with Crippen molar-refractivity contribution in [3.8, 4) is 0 Å². The van der Waals surface area contributed by atoms with Crippen molar-refractivity contribution in [1.29, 1.82) is 0 Å². The standard InChI is InChI=1S/C25H28N2O3S/c1-16-11-19-20(26-21-13-25(2,3)14-22(28)24(19)21)12-23(16)31(29,30)27-10-9-18(15-27)17-7-5-4-6-8-17/h4-8,11-12,18,26H,9-10,13-15H2,1-3H3/t18-/m1/s1. The molecule has 1 atom stereocenters. The number of rotatable bonds is 3. The Labute approximate surface area is 183 Å². The molecule has 3 aromatic rings. The Morgan fingerprint density at radius 2 is 1.84 bits per heavy atom. The van der Waals surface area contributed by atoms with Gasteiger partial charge in [-0.1, -0.05) is 44.2 Å². The first-order chi connectivity index (χ1) is 14.7. The van der Waals surface area contributed by atoms with E-state index in [1.165, 1.54) is 5.56 Å². The van der Waals surface area contributed by atoms with Crippen LogP contribution in [0.2, 0.25) is 0 Å². The Bertz CT molecular complexity index is 1290. The molecular formula is C25H28N2O3S. The zero-order valence-corrected chi connectivity index (χ0v) is 19.1. The number of benzene rings is 2. The molecule has 162 valence electrons. The molecule has 2 aliphatic rings. The summed E-state index contributed by atoms with van der Waals surface area (Å²) < 4.78 is 28.7. The van der Waals surface area contributed by atoms with Crippen molar-refractivity contribution in [3.63, 3.8) is 0 Å². The molecule has 0 radical (unpaired) electrons. The summed E-state index contributed by atoms with van der Waals surface area (Å²) in [4.78, 5) is 16.5. The highest BCUT2D eigenvalue weighted by atomic mass is 32.2. The van der Waals surface area contributed by atoms with Crippen LogP contribution in [0.4, 0.5) is 0 Å². The number of H-pyrrole nitrogens is 1. The highest BCUT2D eigenvalue weighted by molar-refractivity contribution is 7.89. The van der Waals surface area contributed by atoms with Crippen molar-refractivity contribution in [2.75, 3.05) is 13.1 Å². The van der Waals surface area contributed by atoms with Crippen molar-refractivity contribution < 1.29 is 13.2 Å². The quantitative estimate of drug-likeness (QED) is 0.641. The van der Waals surface area contributed by atoms with Crippen LogP contribution in [0.25, 0.3) is 10.9 Å². The third-order valence-corrected chi connectivity index (χ3v) is 8.79. The minimum Gasteiger partial charge on any atom is -0.358 e. The van der Waals surface area contributed by atoms with Crippen molar-refractivity contribution in [2.45, 2.75) is 50.8 Å². The third-order valence-electron chi connectivity index (χ3n) is 6.78. The van der Waals surface area contributed by atoms with Crippen LogP contribution in [0.3, 0.4) is 0 Å². The summed E-state index contributed by atoms with van der Waals surface area (Å²) in [5, 5.41) is 0.843. The molecule has 6 heteroatoms. The molecule has 5 rings (SSSR count). The van der Waals surface area contributed by atoms with Crippen molar-refractivity contribution in [2.24, 2.45) is 5.41 Å². The molecule has 1 N–H and O–H groups in total. The summed E-state index contributed by atoms with van der Waals surface area (Å²) in [6.45, 7) is 7.03. The predicted octanol–water partition coefficient (Wildman–Crippen LogP) is 4.81. The van der Waals surface area contributed by atoms with Crippen molar-refractivity contribution in [3.05, 3.63) is 64.8 Å². The van der Waals surface area contributed by atoms with Gasteiger partial charge in [-0.3, -0.25) is 4.79 Å². The molecule has 0 unspecified atom stereocenters. The lowest BCUT2D eigenvalue weighted by Gasteiger charge is -2.28.